The quantitative estimate of drug-likeness (QED) is 0.915. The Hall–Kier alpha value is -1.87. The Morgan fingerprint density at radius 2 is 1.89 bits per heavy atom. The predicted octanol–water partition coefficient (Wildman–Crippen LogP) is 2.98. The van der Waals surface area contributed by atoms with Gasteiger partial charge in [-0.2, -0.15) is 0 Å². The van der Waals surface area contributed by atoms with Gasteiger partial charge in [0.15, 0.2) is 0 Å². The van der Waals surface area contributed by atoms with Gasteiger partial charge in [0.1, 0.15) is 11.9 Å². The number of aromatic nitrogens is 1. The first kappa shape index (κ1) is 13.6. The molecule has 0 saturated heterocycles. The summed E-state index contributed by atoms with van der Waals surface area (Å²) in [4.78, 5) is 4.22. The van der Waals surface area contributed by atoms with Crippen LogP contribution in [0.5, 0.6) is 5.75 Å². The number of ether oxygens (including phenoxy) is 1. The molecule has 3 nitrogen and oxygen atoms in total. The lowest BCUT2D eigenvalue weighted by atomic mass is 10.0. The number of nitrogens with zero attached hydrogens (tertiary/aromatic N) is 1. The maximum atomic E-state index is 10.3. The van der Waals surface area contributed by atoms with E-state index < -0.39 is 6.10 Å². The van der Waals surface area contributed by atoms with Crippen LogP contribution in [0, 0.1) is 13.8 Å². The van der Waals surface area contributed by atoms with Gasteiger partial charge in [0.2, 0.25) is 0 Å². The molecular formula is C16H19NO2. The highest BCUT2D eigenvalue weighted by atomic mass is 16.5. The third-order valence-corrected chi connectivity index (χ3v) is 3.13. The van der Waals surface area contributed by atoms with E-state index in [1.807, 2.05) is 44.2 Å². The zero-order valence-electron chi connectivity index (χ0n) is 11.6. The average Bonchev–Trinajstić information content (AvgIpc) is 2.39. The first-order valence-electron chi connectivity index (χ1n) is 6.34. The molecule has 1 heterocycles. The van der Waals surface area contributed by atoms with Gasteiger partial charge in [0.25, 0.3) is 0 Å². The third-order valence-electron chi connectivity index (χ3n) is 3.13. The number of pyridine rings is 1. The standard InChI is InChI=1S/C16H19NO2/c1-11-4-5-16(19-3)13(8-11)10-15(18)14-9-12(2)6-7-17-14/h4-9,15,18H,10H2,1-3H3. The van der Waals surface area contributed by atoms with E-state index in [1.54, 1.807) is 13.3 Å². The van der Waals surface area contributed by atoms with Gasteiger partial charge in [0.05, 0.1) is 12.8 Å². The maximum Gasteiger partial charge on any atom is 0.122 e. The number of rotatable bonds is 4. The summed E-state index contributed by atoms with van der Waals surface area (Å²) in [6, 6.07) is 9.80. The van der Waals surface area contributed by atoms with Crippen LogP contribution < -0.4 is 4.74 Å². The minimum Gasteiger partial charge on any atom is -0.496 e. The minimum absolute atomic E-state index is 0.501. The van der Waals surface area contributed by atoms with Gasteiger partial charge in [-0.1, -0.05) is 17.7 Å². The summed E-state index contributed by atoms with van der Waals surface area (Å²) in [6.07, 6.45) is 1.61. The van der Waals surface area contributed by atoms with E-state index in [-0.39, 0.29) is 0 Å². The number of aliphatic hydroxyl groups excluding tert-OH is 1. The molecule has 0 amide bonds. The van der Waals surface area contributed by atoms with Crippen molar-refractivity contribution in [3.8, 4) is 5.75 Å². The second-order valence-corrected chi connectivity index (χ2v) is 4.79. The van der Waals surface area contributed by atoms with Crippen molar-refractivity contribution in [3.63, 3.8) is 0 Å². The van der Waals surface area contributed by atoms with Crippen molar-refractivity contribution in [2.75, 3.05) is 7.11 Å². The van der Waals surface area contributed by atoms with Crippen molar-refractivity contribution in [1.82, 2.24) is 4.98 Å². The van der Waals surface area contributed by atoms with Crippen LogP contribution in [0.1, 0.15) is 28.5 Å². The Labute approximate surface area is 113 Å². The molecule has 0 fully saturated rings. The van der Waals surface area contributed by atoms with Crippen LogP contribution in [0.4, 0.5) is 0 Å². The summed E-state index contributed by atoms with van der Waals surface area (Å²) in [7, 11) is 1.64. The topological polar surface area (TPSA) is 42.4 Å². The molecule has 1 aromatic carbocycles. The lowest BCUT2D eigenvalue weighted by Gasteiger charge is -2.14. The van der Waals surface area contributed by atoms with Gasteiger partial charge in [-0.05, 0) is 43.2 Å². The van der Waals surface area contributed by atoms with Crippen molar-refractivity contribution in [1.29, 1.82) is 0 Å². The van der Waals surface area contributed by atoms with Crippen molar-refractivity contribution in [2.45, 2.75) is 26.4 Å². The molecule has 0 bridgehead atoms. The van der Waals surface area contributed by atoms with Crippen LogP contribution in [0.3, 0.4) is 0 Å². The Kier molecular flexibility index (Phi) is 4.17. The Morgan fingerprint density at radius 1 is 1.16 bits per heavy atom. The molecule has 0 aliphatic carbocycles. The first-order chi connectivity index (χ1) is 9.10. The van der Waals surface area contributed by atoms with Crippen LogP contribution in [0.15, 0.2) is 36.5 Å². The van der Waals surface area contributed by atoms with Gasteiger partial charge in [-0.15, -0.1) is 0 Å². The summed E-state index contributed by atoms with van der Waals surface area (Å²) in [5.41, 5.74) is 3.95. The third kappa shape index (κ3) is 3.32. The van der Waals surface area contributed by atoms with Crippen molar-refractivity contribution >= 4 is 0 Å². The van der Waals surface area contributed by atoms with E-state index in [0.29, 0.717) is 12.1 Å². The lowest BCUT2D eigenvalue weighted by Crippen LogP contribution is -2.06. The average molecular weight is 257 g/mol. The van der Waals surface area contributed by atoms with E-state index >= 15 is 0 Å². The van der Waals surface area contributed by atoms with Gasteiger partial charge < -0.3 is 9.84 Å². The number of benzene rings is 1. The Balaban J connectivity index is 2.23. The largest absolute Gasteiger partial charge is 0.496 e. The highest BCUT2D eigenvalue weighted by Gasteiger charge is 2.13. The molecule has 0 aliphatic rings. The van der Waals surface area contributed by atoms with E-state index in [0.717, 1.165) is 22.4 Å². The van der Waals surface area contributed by atoms with Crippen molar-refractivity contribution < 1.29 is 9.84 Å². The molecular weight excluding hydrogens is 238 g/mol. The van der Waals surface area contributed by atoms with Crippen molar-refractivity contribution in [3.05, 3.63) is 58.9 Å². The monoisotopic (exact) mass is 257 g/mol. The Morgan fingerprint density at radius 3 is 2.58 bits per heavy atom. The second kappa shape index (κ2) is 5.85. The zero-order chi connectivity index (χ0) is 13.8. The summed E-state index contributed by atoms with van der Waals surface area (Å²) in [5.74, 6) is 0.803. The first-order valence-corrected chi connectivity index (χ1v) is 6.34. The van der Waals surface area contributed by atoms with Gasteiger partial charge in [-0.3, -0.25) is 4.98 Å². The molecule has 2 rings (SSSR count). The molecule has 0 saturated carbocycles. The van der Waals surface area contributed by atoms with E-state index in [9.17, 15) is 5.11 Å². The summed E-state index contributed by atoms with van der Waals surface area (Å²) >= 11 is 0. The molecule has 19 heavy (non-hydrogen) atoms. The van der Waals surface area contributed by atoms with Gasteiger partial charge in [0, 0.05) is 12.6 Å². The number of aryl methyl sites for hydroxylation is 2. The molecule has 0 aliphatic heterocycles. The minimum atomic E-state index is -0.615. The fourth-order valence-corrected chi connectivity index (χ4v) is 2.12. The maximum absolute atomic E-state index is 10.3. The van der Waals surface area contributed by atoms with Crippen LogP contribution in [0.25, 0.3) is 0 Å². The van der Waals surface area contributed by atoms with E-state index in [4.69, 9.17) is 4.74 Å². The van der Waals surface area contributed by atoms with Crippen molar-refractivity contribution in [2.24, 2.45) is 0 Å². The fraction of sp³-hybridized carbons (Fsp3) is 0.312. The van der Waals surface area contributed by atoms with Crippen LogP contribution >= 0.6 is 0 Å². The molecule has 1 N–H and O–H groups in total. The molecule has 1 atom stereocenters. The zero-order valence-corrected chi connectivity index (χ0v) is 11.6. The Bertz CT molecular complexity index is 566. The van der Waals surface area contributed by atoms with E-state index in [2.05, 4.69) is 4.98 Å². The second-order valence-electron chi connectivity index (χ2n) is 4.79. The number of methoxy groups -OCH3 is 1. The SMILES string of the molecule is COc1ccc(C)cc1CC(O)c1cc(C)ccn1. The van der Waals surface area contributed by atoms with Gasteiger partial charge >= 0.3 is 0 Å². The normalized spacial score (nSPS) is 12.2. The summed E-state index contributed by atoms with van der Waals surface area (Å²) in [5, 5.41) is 10.3. The molecule has 100 valence electrons. The highest BCUT2D eigenvalue weighted by Crippen LogP contribution is 2.25. The lowest BCUT2D eigenvalue weighted by molar-refractivity contribution is 0.172. The summed E-state index contributed by atoms with van der Waals surface area (Å²) in [6.45, 7) is 4.02. The fourth-order valence-electron chi connectivity index (χ4n) is 2.12. The highest BCUT2D eigenvalue weighted by molar-refractivity contribution is 5.37. The van der Waals surface area contributed by atoms with Crippen LogP contribution in [-0.2, 0) is 6.42 Å². The molecule has 0 radical (unpaired) electrons. The van der Waals surface area contributed by atoms with Crippen LogP contribution in [-0.4, -0.2) is 17.2 Å². The number of aliphatic hydroxyl groups is 1. The number of hydrogen-bond acceptors (Lipinski definition) is 3. The van der Waals surface area contributed by atoms with E-state index in [1.165, 1.54) is 0 Å². The predicted molar refractivity (Wildman–Crippen MR) is 75.4 cm³/mol. The molecule has 1 unspecified atom stereocenters. The molecule has 0 spiro atoms. The molecule has 2 aromatic rings. The van der Waals surface area contributed by atoms with Crippen LogP contribution in [0.2, 0.25) is 0 Å². The molecule has 1 aromatic heterocycles. The molecule has 3 heteroatoms. The van der Waals surface area contributed by atoms with Gasteiger partial charge in [-0.25, -0.2) is 0 Å². The smallest absolute Gasteiger partial charge is 0.122 e. The number of hydrogen-bond donors (Lipinski definition) is 1. The summed E-state index contributed by atoms with van der Waals surface area (Å²) < 4.78 is 5.33.